The van der Waals surface area contributed by atoms with Gasteiger partial charge in [-0.3, -0.25) is 19.1 Å². The van der Waals surface area contributed by atoms with Gasteiger partial charge in [-0.2, -0.15) is 0 Å². The molecule has 144 valence electrons. The van der Waals surface area contributed by atoms with Crippen molar-refractivity contribution in [2.75, 3.05) is 13.7 Å². The van der Waals surface area contributed by atoms with Crippen molar-refractivity contribution < 1.29 is 19.1 Å². The number of hydrogen-bond donors (Lipinski definition) is 2. The molecule has 1 aliphatic heterocycles. The molecule has 2 rings (SSSR count). The molecule has 0 spiro atoms. The summed E-state index contributed by atoms with van der Waals surface area (Å²) in [5.74, 6) is -1.24. The number of likely N-dealkylation sites (N-methyl/N-ethyl adjacent to an activating group) is 1. The van der Waals surface area contributed by atoms with Crippen LogP contribution < -0.4 is 16.6 Å². The number of aromatic nitrogens is 2. The van der Waals surface area contributed by atoms with Crippen molar-refractivity contribution in [3.63, 3.8) is 0 Å². The second-order valence-electron chi connectivity index (χ2n) is 5.69. The van der Waals surface area contributed by atoms with Crippen LogP contribution in [0, 0.1) is 6.92 Å². The van der Waals surface area contributed by atoms with E-state index in [0.717, 1.165) is 12.2 Å². The highest BCUT2D eigenvalue weighted by Gasteiger charge is 2.37. The molecule has 1 aliphatic rings. The zero-order valence-electron chi connectivity index (χ0n) is 14.6. The molecule has 2 N–H and O–H groups in total. The van der Waals surface area contributed by atoms with E-state index < -0.39 is 41.5 Å². The highest BCUT2D eigenvalue weighted by atomic mass is 16.6. The monoisotopic (exact) mass is 378 g/mol. The van der Waals surface area contributed by atoms with Gasteiger partial charge in [-0.05, 0) is 12.5 Å². The molecule has 1 aromatic rings. The summed E-state index contributed by atoms with van der Waals surface area (Å²) in [6.07, 6.45) is 1.87. The number of aromatic amines is 1. The highest BCUT2D eigenvalue weighted by molar-refractivity contribution is 5.94. The highest BCUT2D eigenvalue weighted by Crippen LogP contribution is 2.30. The number of rotatable bonds is 6. The zero-order chi connectivity index (χ0) is 20.0. The Hall–Kier alpha value is -3.37. The fourth-order valence-electron chi connectivity index (χ4n) is 2.46. The predicted molar refractivity (Wildman–Crippen MR) is 91.7 cm³/mol. The first-order valence-electron chi connectivity index (χ1n) is 7.94. The summed E-state index contributed by atoms with van der Waals surface area (Å²) in [6.45, 7) is 1.29. The lowest BCUT2D eigenvalue weighted by atomic mass is 10.1. The molecule has 2 heterocycles. The Balaban J connectivity index is 2.10. The number of carbonyl (C=O) groups is 2. The van der Waals surface area contributed by atoms with Gasteiger partial charge in [0.1, 0.15) is 18.9 Å². The van der Waals surface area contributed by atoms with Crippen molar-refractivity contribution in [1.82, 2.24) is 14.9 Å². The molecule has 27 heavy (non-hydrogen) atoms. The van der Waals surface area contributed by atoms with Gasteiger partial charge < -0.3 is 14.8 Å². The van der Waals surface area contributed by atoms with Crippen LogP contribution in [-0.4, -0.2) is 47.2 Å². The van der Waals surface area contributed by atoms with Crippen molar-refractivity contribution in [2.24, 2.45) is 5.11 Å². The van der Waals surface area contributed by atoms with Gasteiger partial charge in [0.25, 0.3) is 5.56 Å². The second kappa shape index (κ2) is 8.83. The number of aryl methyl sites for hydroxylation is 1. The number of nitrogens with one attached hydrogen (secondary N) is 2. The minimum atomic E-state index is -0.798. The van der Waals surface area contributed by atoms with Crippen molar-refractivity contribution in [3.8, 4) is 0 Å². The molecule has 0 aliphatic carbocycles. The van der Waals surface area contributed by atoms with Gasteiger partial charge in [-0.15, -0.1) is 0 Å². The molecular weight excluding hydrogens is 360 g/mol. The number of ether oxygens (including phenoxy) is 2. The third-order valence-corrected chi connectivity index (χ3v) is 3.87. The number of nitrogens with zero attached hydrogens (tertiary/aromatic N) is 4. The largest absolute Gasteiger partial charge is 0.460 e. The van der Waals surface area contributed by atoms with E-state index in [1.54, 1.807) is 0 Å². The molecule has 0 radical (unpaired) electrons. The van der Waals surface area contributed by atoms with Gasteiger partial charge in [0.2, 0.25) is 5.91 Å². The summed E-state index contributed by atoms with van der Waals surface area (Å²) in [6, 6.07) is -0.685. The standard InChI is InChI=1S/C15H18N6O6/c1-8-6-21(15(25)18-14(8)24)12-5-9(19-20-16)10(27-12)7-26-13(23)4-3-11(22)17-2/h3-4,6,9-10,12H,5,7H2,1-2H3,(H,17,22)(H,18,24,25)/t9-,10+,12+/m0/s1. The molecule has 0 bridgehead atoms. The fraction of sp³-hybridized carbons (Fsp3) is 0.467. The Bertz CT molecular complexity index is 912. The van der Waals surface area contributed by atoms with E-state index in [4.69, 9.17) is 15.0 Å². The molecule has 0 unspecified atom stereocenters. The molecule has 12 nitrogen and oxygen atoms in total. The number of esters is 1. The van der Waals surface area contributed by atoms with E-state index in [1.807, 2.05) is 0 Å². The minimum Gasteiger partial charge on any atom is -0.460 e. The first kappa shape index (κ1) is 19.9. The van der Waals surface area contributed by atoms with Crippen molar-refractivity contribution in [2.45, 2.75) is 31.7 Å². The average Bonchev–Trinajstić information content (AvgIpc) is 3.03. The van der Waals surface area contributed by atoms with E-state index >= 15 is 0 Å². The lowest BCUT2D eigenvalue weighted by Gasteiger charge is -2.16. The van der Waals surface area contributed by atoms with Gasteiger partial charge in [0, 0.05) is 42.3 Å². The zero-order valence-corrected chi connectivity index (χ0v) is 14.6. The van der Waals surface area contributed by atoms with Crippen LogP contribution >= 0.6 is 0 Å². The van der Waals surface area contributed by atoms with Crippen molar-refractivity contribution in [1.29, 1.82) is 0 Å². The van der Waals surface area contributed by atoms with Gasteiger partial charge in [-0.1, -0.05) is 5.11 Å². The second-order valence-corrected chi connectivity index (χ2v) is 5.69. The fourth-order valence-corrected chi connectivity index (χ4v) is 2.46. The summed E-state index contributed by atoms with van der Waals surface area (Å²) >= 11 is 0. The predicted octanol–water partition coefficient (Wildman–Crippen LogP) is -0.343. The van der Waals surface area contributed by atoms with Crippen LogP contribution in [0.1, 0.15) is 18.2 Å². The Labute approximate surface area is 152 Å². The lowest BCUT2D eigenvalue weighted by Crippen LogP contribution is -2.33. The molecule has 12 heteroatoms. The maximum absolute atomic E-state index is 12.0. The van der Waals surface area contributed by atoms with Gasteiger partial charge >= 0.3 is 11.7 Å². The van der Waals surface area contributed by atoms with Gasteiger partial charge in [0.05, 0.1) is 6.04 Å². The number of amides is 1. The van der Waals surface area contributed by atoms with E-state index in [2.05, 4.69) is 20.3 Å². The van der Waals surface area contributed by atoms with E-state index in [1.165, 1.54) is 24.7 Å². The Kier molecular flexibility index (Phi) is 6.52. The Morgan fingerprint density at radius 1 is 1.52 bits per heavy atom. The summed E-state index contributed by atoms with van der Waals surface area (Å²) < 4.78 is 11.9. The molecule has 1 amide bonds. The van der Waals surface area contributed by atoms with Gasteiger partial charge in [0.15, 0.2) is 0 Å². The van der Waals surface area contributed by atoms with Crippen LogP contribution in [0.3, 0.4) is 0 Å². The Morgan fingerprint density at radius 3 is 2.93 bits per heavy atom. The third kappa shape index (κ3) is 5.06. The van der Waals surface area contributed by atoms with Gasteiger partial charge in [-0.25, -0.2) is 9.59 Å². The average molecular weight is 378 g/mol. The summed E-state index contributed by atoms with van der Waals surface area (Å²) in [5.41, 5.74) is 7.85. The van der Waals surface area contributed by atoms with Crippen LogP contribution in [0.15, 0.2) is 33.1 Å². The van der Waals surface area contributed by atoms with Crippen LogP contribution in [0.2, 0.25) is 0 Å². The maximum Gasteiger partial charge on any atom is 0.331 e. The number of H-pyrrole nitrogens is 1. The first-order chi connectivity index (χ1) is 12.8. The van der Waals surface area contributed by atoms with Crippen LogP contribution in [0.4, 0.5) is 0 Å². The quantitative estimate of drug-likeness (QED) is 0.225. The molecule has 0 aromatic carbocycles. The molecule has 1 aromatic heterocycles. The summed E-state index contributed by atoms with van der Waals surface area (Å²) in [7, 11) is 1.41. The van der Waals surface area contributed by atoms with Crippen LogP contribution in [0.25, 0.3) is 10.4 Å². The van der Waals surface area contributed by atoms with Crippen LogP contribution in [0.5, 0.6) is 0 Å². The molecular formula is C15H18N6O6. The van der Waals surface area contributed by atoms with Crippen molar-refractivity contribution >= 4 is 11.9 Å². The smallest absolute Gasteiger partial charge is 0.331 e. The topological polar surface area (TPSA) is 168 Å². The minimum absolute atomic E-state index is 0.158. The van der Waals surface area contributed by atoms with E-state index in [9.17, 15) is 19.2 Å². The summed E-state index contributed by atoms with van der Waals surface area (Å²) in [4.78, 5) is 51.1. The van der Waals surface area contributed by atoms with E-state index in [-0.39, 0.29) is 13.0 Å². The molecule has 1 saturated heterocycles. The lowest BCUT2D eigenvalue weighted by molar-refractivity contribution is -0.143. The first-order valence-corrected chi connectivity index (χ1v) is 7.94. The molecule has 0 saturated carbocycles. The molecule has 3 atom stereocenters. The number of hydrogen-bond acceptors (Lipinski definition) is 7. The maximum atomic E-state index is 12.0. The number of carbonyl (C=O) groups excluding carboxylic acids is 2. The van der Waals surface area contributed by atoms with Crippen LogP contribution in [-0.2, 0) is 19.1 Å². The summed E-state index contributed by atoms with van der Waals surface area (Å²) in [5, 5.41) is 5.92. The normalized spacial score (nSPS) is 21.6. The SMILES string of the molecule is CNC(=O)C=CC(=O)OC[C@H]1O[C@@H](n2cc(C)c(=O)[nH]c2=O)C[C@@H]1N=[N+]=[N-]. The van der Waals surface area contributed by atoms with E-state index in [0.29, 0.717) is 5.56 Å². The number of azide groups is 1. The Morgan fingerprint density at radius 2 is 2.26 bits per heavy atom. The third-order valence-electron chi connectivity index (χ3n) is 3.87. The molecule has 1 fully saturated rings. The van der Waals surface area contributed by atoms with Crippen molar-refractivity contribution in [3.05, 3.63) is 55.2 Å².